The fraction of sp³-hybridized carbons (Fsp3) is 0.727. The molecule has 1 saturated carbocycles. The van der Waals surface area contributed by atoms with Gasteiger partial charge in [0.05, 0.1) is 0 Å². The topological polar surface area (TPSA) is 0 Å². The standard InChI is InChI=1S/C22H31I/c23-22-12-11-20-14-17(8-10-21(20)15-22)6-5-16-7-9-18-3-1-2-4-19(18)13-16/h2,4,7,9,11-12,16-22H,1,3,5-6,8,10,13-15H2/t16?,17?,18?,19?,20?,21?,22-/m0/s1. The Labute approximate surface area is 156 Å². The van der Waals surface area contributed by atoms with Gasteiger partial charge in [-0.15, -0.1) is 0 Å². The minimum atomic E-state index is 0.800. The summed E-state index contributed by atoms with van der Waals surface area (Å²) in [5.41, 5.74) is 0. The minimum absolute atomic E-state index is 0.800. The first kappa shape index (κ1) is 16.4. The van der Waals surface area contributed by atoms with E-state index in [9.17, 15) is 0 Å². The van der Waals surface area contributed by atoms with Crippen LogP contribution in [0.3, 0.4) is 0 Å². The number of alkyl halides is 1. The summed E-state index contributed by atoms with van der Waals surface area (Å²) >= 11 is 2.61. The summed E-state index contributed by atoms with van der Waals surface area (Å²) in [7, 11) is 0. The lowest BCUT2D eigenvalue weighted by Crippen LogP contribution is -2.28. The van der Waals surface area contributed by atoms with Crippen molar-refractivity contribution in [2.24, 2.45) is 35.5 Å². The second-order valence-corrected chi connectivity index (χ2v) is 10.1. The van der Waals surface area contributed by atoms with Crippen molar-refractivity contribution in [3.63, 3.8) is 0 Å². The molecule has 0 saturated heterocycles. The van der Waals surface area contributed by atoms with E-state index < -0.39 is 0 Å². The van der Waals surface area contributed by atoms with Gasteiger partial charge in [-0.25, -0.2) is 0 Å². The maximum absolute atomic E-state index is 2.61. The van der Waals surface area contributed by atoms with Gasteiger partial charge in [0.25, 0.3) is 0 Å². The predicted octanol–water partition coefficient (Wildman–Crippen LogP) is 6.72. The van der Waals surface area contributed by atoms with Gasteiger partial charge in [-0.3, -0.25) is 0 Å². The molecule has 0 aliphatic heterocycles. The molecule has 126 valence electrons. The van der Waals surface area contributed by atoms with Crippen LogP contribution in [0.1, 0.15) is 57.8 Å². The van der Waals surface area contributed by atoms with Gasteiger partial charge in [-0.1, -0.05) is 65.5 Å². The Morgan fingerprint density at radius 2 is 1.65 bits per heavy atom. The van der Waals surface area contributed by atoms with Crippen molar-refractivity contribution >= 4 is 22.6 Å². The molecule has 7 atom stereocenters. The molecule has 0 radical (unpaired) electrons. The number of halogens is 1. The molecule has 1 fully saturated rings. The number of allylic oxidation sites excluding steroid dienone is 6. The van der Waals surface area contributed by atoms with Crippen LogP contribution >= 0.6 is 22.6 Å². The third kappa shape index (κ3) is 3.96. The number of fused-ring (bicyclic) bond motifs is 2. The molecule has 0 aromatic heterocycles. The second-order valence-electron chi connectivity index (χ2n) is 8.53. The van der Waals surface area contributed by atoms with E-state index in [0.717, 1.165) is 39.4 Å². The van der Waals surface area contributed by atoms with Crippen LogP contribution in [0.5, 0.6) is 0 Å². The molecule has 6 unspecified atom stereocenters. The van der Waals surface area contributed by atoms with E-state index in [1.807, 2.05) is 0 Å². The fourth-order valence-electron chi connectivity index (χ4n) is 5.58. The molecule has 4 aliphatic carbocycles. The van der Waals surface area contributed by atoms with Crippen molar-refractivity contribution in [3.8, 4) is 0 Å². The highest BCUT2D eigenvalue weighted by Gasteiger charge is 2.32. The fourth-order valence-corrected chi connectivity index (χ4v) is 6.47. The SMILES string of the molecule is I[C@H]1C=CC2CC(CCC3C=CC4CCC=CC4C3)CCC2C1. The van der Waals surface area contributed by atoms with Gasteiger partial charge in [0.15, 0.2) is 0 Å². The Hall–Kier alpha value is -0.0500. The first-order chi connectivity index (χ1) is 11.3. The first-order valence-electron chi connectivity index (χ1n) is 9.95. The highest BCUT2D eigenvalue weighted by molar-refractivity contribution is 14.1. The molecular formula is C22H31I. The second kappa shape index (κ2) is 7.45. The van der Waals surface area contributed by atoms with Crippen LogP contribution in [-0.4, -0.2) is 3.92 Å². The summed E-state index contributed by atoms with van der Waals surface area (Å²) in [6, 6.07) is 0. The van der Waals surface area contributed by atoms with Crippen molar-refractivity contribution < 1.29 is 0 Å². The maximum atomic E-state index is 2.61. The number of hydrogen-bond donors (Lipinski definition) is 0. The lowest BCUT2D eigenvalue weighted by Gasteiger charge is -2.38. The van der Waals surface area contributed by atoms with Crippen molar-refractivity contribution in [1.82, 2.24) is 0 Å². The maximum Gasteiger partial charge on any atom is 0.0292 e. The Balaban J connectivity index is 1.27. The third-order valence-electron chi connectivity index (χ3n) is 7.00. The van der Waals surface area contributed by atoms with E-state index in [4.69, 9.17) is 0 Å². The largest absolute Gasteiger partial charge is 0.0882 e. The van der Waals surface area contributed by atoms with Crippen LogP contribution < -0.4 is 0 Å². The molecule has 0 N–H and O–H groups in total. The van der Waals surface area contributed by atoms with E-state index in [2.05, 4.69) is 59.0 Å². The summed E-state index contributed by atoms with van der Waals surface area (Å²) in [4.78, 5) is 0. The Kier molecular flexibility index (Phi) is 5.32. The van der Waals surface area contributed by atoms with Crippen LogP contribution in [0.25, 0.3) is 0 Å². The molecule has 0 heterocycles. The molecule has 0 nitrogen and oxygen atoms in total. The smallest absolute Gasteiger partial charge is 0.0292 e. The molecule has 4 rings (SSSR count). The summed E-state index contributed by atoms with van der Waals surface area (Å²) < 4.78 is 0.800. The average Bonchev–Trinajstić information content (AvgIpc) is 2.59. The highest BCUT2D eigenvalue weighted by Crippen LogP contribution is 2.44. The van der Waals surface area contributed by atoms with Crippen LogP contribution in [-0.2, 0) is 0 Å². The van der Waals surface area contributed by atoms with Gasteiger partial charge in [0.2, 0.25) is 0 Å². The molecule has 4 aliphatic rings. The van der Waals surface area contributed by atoms with Crippen LogP contribution in [0.4, 0.5) is 0 Å². The predicted molar refractivity (Wildman–Crippen MR) is 108 cm³/mol. The van der Waals surface area contributed by atoms with Gasteiger partial charge >= 0.3 is 0 Å². The zero-order valence-electron chi connectivity index (χ0n) is 14.2. The van der Waals surface area contributed by atoms with Crippen molar-refractivity contribution in [3.05, 3.63) is 36.5 Å². The quantitative estimate of drug-likeness (QED) is 0.269. The van der Waals surface area contributed by atoms with Crippen molar-refractivity contribution in [1.29, 1.82) is 0 Å². The van der Waals surface area contributed by atoms with Gasteiger partial charge < -0.3 is 0 Å². The number of rotatable bonds is 3. The van der Waals surface area contributed by atoms with Crippen molar-refractivity contribution in [2.45, 2.75) is 61.7 Å². The molecule has 1 heteroatoms. The molecule has 0 aromatic carbocycles. The van der Waals surface area contributed by atoms with E-state index in [-0.39, 0.29) is 0 Å². The zero-order valence-corrected chi connectivity index (χ0v) is 16.4. The molecule has 0 spiro atoms. The lowest BCUT2D eigenvalue weighted by molar-refractivity contribution is 0.186. The van der Waals surface area contributed by atoms with Gasteiger partial charge in [-0.2, -0.15) is 0 Å². The van der Waals surface area contributed by atoms with Crippen LogP contribution in [0.15, 0.2) is 36.5 Å². The zero-order chi connectivity index (χ0) is 15.6. The molecule has 0 amide bonds. The van der Waals surface area contributed by atoms with Gasteiger partial charge in [0.1, 0.15) is 0 Å². The lowest BCUT2D eigenvalue weighted by atomic mass is 9.68. The van der Waals surface area contributed by atoms with Gasteiger partial charge in [0, 0.05) is 3.92 Å². The molecule has 0 bridgehead atoms. The normalized spacial score (nSPS) is 45.5. The average molecular weight is 422 g/mol. The van der Waals surface area contributed by atoms with Crippen molar-refractivity contribution in [2.75, 3.05) is 0 Å². The van der Waals surface area contributed by atoms with E-state index in [0.29, 0.717) is 0 Å². The summed E-state index contributed by atoms with van der Waals surface area (Å²) in [5.74, 6) is 5.49. The summed E-state index contributed by atoms with van der Waals surface area (Å²) in [5, 5.41) is 0. The van der Waals surface area contributed by atoms with E-state index >= 15 is 0 Å². The Bertz CT molecular complexity index is 488. The molecule has 23 heavy (non-hydrogen) atoms. The summed E-state index contributed by atoms with van der Waals surface area (Å²) in [6.45, 7) is 0. The Morgan fingerprint density at radius 3 is 2.61 bits per heavy atom. The molecular weight excluding hydrogens is 391 g/mol. The highest BCUT2D eigenvalue weighted by atomic mass is 127. The monoisotopic (exact) mass is 422 g/mol. The Morgan fingerprint density at radius 1 is 0.739 bits per heavy atom. The van der Waals surface area contributed by atoms with E-state index in [1.165, 1.54) is 57.8 Å². The molecule has 0 aromatic rings. The number of hydrogen-bond acceptors (Lipinski definition) is 0. The van der Waals surface area contributed by atoms with E-state index in [1.54, 1.807) is 0 Å². The minimum Gasteiger partial charge on any atom is -0.0882 e. The van der Waals surface area contributed by atoms with Gasteiger partial charge in [-0.05, 0) is 86.9 Å². The third-order valence-corrected chi connectivity index (χ3v) is 7.93. The van der Waals surface area contributed by atoms with Crippen LogP contribution in [0.2, 0.25) is 0 Å². The summed E-state index contributed by atoms with van der Waals surface area (Å²) in [6.07, 6.45) is 28.1. The van der Waals surface area contributed by atoms with Crippen LogP contribution in [0, 0.1) is 35.5 Å². The first-order valence-corrected chi connectivity index (χ1v) is 11.2.